The number of imidazole rings is 1. The Kier molecular flexibility index (Phi) is 4.78. The van der Waals surface area contributed by atoms with E-state index < -0.39 is 23.5 Å². The van der Waals surface area contributed by atoms with Crippen LogP contribution in [0.15, 0.2) is 88.5 Å². The molecule has 1 amide bonds. The Hall–Kier alpha value is -5.05. The monoisotopic (exact) mass is 481 g/mol. The molecule has 6 rings (SSSR count). The number of fused-ring (bicyclic) bond motifs is 2. The lowest BCUT2D eigenvalue weighted by atomic mass is 9.95. The first-order valence-electron chi connectivity index (χ1n) is 11.1. The van der Waals surface area contributed by atoms with Gasteiger partial charge in [0.15, 0.2) is 22.9 Å². The number of hydrogen-bond acceptors (Lipinski definition) is 7. The first-order valence-corrected chi connectivity index (χ1v) is 11.1. The Balaban J connectivity index is 1.52. The summed E-state index contributed by atoms with van der Waals surface area (Å²) in [6.45, 7) is 0. The topological polar surface area (TPSA) is 129 Å². The van der Waals surface area contributed by atoms with Crippen molar-refractivity contribution in [1.82, 2.24) is 9.97 Å². The van der Waals surface area contributed by atoms with Gasteiger partial charge < -0.3 is 24.4 Å². The van der Waals surface area contributed by atoms with Crippen LogP contribution in [0.4, 0.5) is 5.95 Å². The molecule has 5 aromatic rings. The van der Waals surface area contributed by atoms with Crippen LogP contribution in [0.25, 0.3) is 22.0 Å². The number of ether oxygens (including phenoxy) is 1. The number of aliphatic hydroxyl groups excluding tert-OH is 1. The maximum atomic E-state index is 13.8. The molecule has 36 heavy (non-hydrogen) atoms. The van der Waals surface area contributed by atoms with Gasteiger partial charge in [-0.25, -0.2) is 4.98 Å². The fourth-order valence-corrected chi connectivity index (χ4v) is 4.56. The number of carbonyl (C=O) groups is 2. The van der Waals surface area contributed by atoms with Crippen LogP contribution in [0.5, 0.6) is 11.5 Å². The third-order valence-corrected chi connectivity index (χ3v) is 6.20. The van der Waals surface area contributed by atoms with Crippen LogP contribution in [0, 0.1) is 0 Å². The van der Waals surface area contributed by atoms with E-state index in [1.165, 1.54) is 30.2 Å². The first-order chi connectivity index (χ1) is 17.5. The molecule has 9 nitrogen and oxygen atoms in total. The number of hydrogen-bond donors (Lipinski definition) is 3. The summed E-state index contributed by atoms with van der Waals surface area (Å²) in [6.07, 6.45) is 0. The van der Waals surface area contributed by atoms with Gasteiger partial charge >= 0.3 is 0 Å². The standard InChI is InChI=1S/C27H19N3O6/c1-35-19-11-5-7-15-13-20(36-25(15)19)23(32)21-22(14-6-4-8-16(31)12-14)30(26(34)24(21)33)27-28-17-9-2-3-10-18(17)29-27/h2-13,22,31,33H,1H3,(H,28,29). The molecule has 1 unspecified atom stereocenters. The highest BCUT2D eigenvalue weighted by atomic mass is 16.5. The quantitative estimate of drug-likeness (QED) is 0.307. The summed E-state index contributed by atoms with van der Waals surface area (Å²) in [7, 11) is 1.49. The van der Waals surface area contributed by atoms with Crippen molar-refractivity contribution in [3.63, 3.8) is 0 Å². The van der Waals surface area contributed by atoms with Crippen molar-refractivity contribution in [3.05, 3.63) is 95.5 Å². The number of aromatic amines is 1. The molecule has 2 aromatic heterocycles. The highest BCUT2D eigenvalue weighted by Crippen LogP contribution is 2.43. The number of aromatic nitrogens is 2. The number of furan rings is 1. The van der Waals surface area contributed by atoms with Crippen LogP contribution in [0.1, 0.15) is 22.2 Å². The number of carbonyl (C=O) groups excluding carboxylic acids is 2. The molecule has 1 aliphatic heterocycles. The Morgan fingerprint density at radius 2 is 1.86 bits per heavy atom. The van der Waals surface area contributed by atoms with Crippen LogP contribution in [0.3, 0.4) is 0 Å². The van der Waals surface area contributed by atoms with Gasteiger partial charge in [-0.2, -0.15) is 0 Å². The summed E-state index contributed by atoms with van der Waals surface area (Å²) in [5, 5.41) is 21.7. The fraction of sp³-hybridized carbons (Fsp3) is 0.0741. The summed E-state index contributed by atoms with van der Waals surface area (Å²) in [5.41, 5.74) is 1.88. The molecule has 0 saturated heterocycles. The van der Waals surface area contributed by atoms with E-state index in [0.29, 0.717) is 33.3 Å². The van der Waals surface area contributed by atoms with E-state index in [1.54, 1.807) is 42.5 Å². The molecule has 1 atom stereocenters. The second-order valence-electron chi connectivity index (χ2n) is 8.33. The maximum Gasteiger partial charge on any atom is 0.296 e. The number of nitrogens with zero attached hydrogens (tertiary/aromatic N) is 2. The summed E-state index contributed by atoms with van der Waals surface area (Å²) in [4.78, 5) is 35.9. The highest BCUT2D eigenvalue weighted by Gasteiger charge is 2.46. The molecule has 1 aliphatic rings. The lowest BCUT2D eigenvalue weighted by Gasteiger charge is -2.24. The lowest BCUT2D eigenvalue weighted by molar-refractivity contribution is -0.117. The Morgan fingerprint density at radius 3 is 2.64 bits per heavy atom. The number of benzene rings is 3. The SMILES string of the molecule is COc1cccc2cc(C(=O)C3=C(O)C(=O)N(c4nc5ccccc5[nH]4)C3c3cccc(O)c3)oc12. The molecule has 3 aromatic carbocycles. The minimum Gasteiger partial charge on any atom is -0.508 e. The van der Waals surface area contributed by atoms with Gasteiger partial charge in [0.1, 0.15) is 5.75 Å². The molecule has 3 N–H and O–H groups in total. The molecular weight excluding hydrogens is 462 g/mol. The van der Waals surface area contributed by atoms with E-state index in [-0.39, 0.29) is 23.0 Å². The summed E-state index contributed by atoms with van der Waals surface area (Å²) >= 11 is 0. The number of aromatic hydroxyl groups is 1. The fourth-order valence-electron chi connectivity index (χ4n) is 4.56. The van der Waals surface area contributed by atoms with E-state index >= 15 is 0 Å². The zero-order valence-corrected chi connectivity index (χ0v) is 18.9. The van der Waals surface area contributed by atoms with Crippen LogP contribution in [0.2, 0.25) is 0 Å². The van der Waals surface area contributed by atoms with Crippen LogP contribution in [-0.4, -0.2) is 39.0 Å². The van der Waals surface area contributed by atoms with Crippen molar-refractivity contribution in [1.29, 1.82) is 0 Å². The molecule has 0 bridgehead atoms. The van der Waals surface area contributed by atoms with Gasteiger partial charge in [0, 0.05) is 5.39 Å². The Bertz CT molecular complexity index is 1680. The molecule has 3 heterocycles. The minimum atomic E-state index is -1.08. The first kappa shape index (κ1) is 21.5. The average Bonchev–Trinajstić information content (AvgIpc) is 3.57. The van der Waals surface area contributed by atoms with Crippen molar-refractivity contribution in [3.8, 4) is 11.5 Å². The van der Waals surface area contributed by atoms with E-state index in [1.807, 2.05) is 12.1 Å². The van der Waals surface area contributed by atoms with E-state index in [2.05, 4.69) is 9.97 Å². The van der Waals surface area contributed by atoms with Gasteiger partial charge in [-0.3, -0.25) is 14.5 Å². The zero-order valence-electron chi connectivity index (χ0n) is 18.9. The van der Waals surface area contributed by atoms with Gasteiger partial charge in [-0.05, 0) is 42.0 Å². The number of aliphatic hydroxyl groups is 1. The number of para-hydroxylation sites is 3. The van der Waals surface area contributed by atoms with E-state index in [9.17, 15) is 19.8 Å². The second kappa shape index (κ2) is 8.02. The summed E-state index contributed by atoms with van der Waals surface area (Å²) in [5.74, 6) is -1.74. The second-order valence-corrected chi connectivity index (χ2v) is 8.33. The predicted molar refractivity (Wildman–Crippen MR) is 131 cm³/mol. The van der Waals surface area contributed by atoms with Gasteiger partial charge in [-0.1, -0.05) is 36.4 Å². The molecule has 0 aliphatic carbocycles. The van der Waals surface area contributed by atoms with Crippen molar-refractivity contribution in [2.75, 3.05) is 12.0 Å². The number of anilines is 1. The molecular formula is C27H19N3O6. The number of nitrogens with one attached hydrogen (secondary N) is 1. The number of Topliss-reactive ketones (excluding diaryl/α,β-unsaturated/α-hetero) is 1. The van der Waals surface area contributed by atoms with Crippen molar-refractivity contribution in [2.45, 2.75) is 6.04 Å². The number of ketones is 1. The Morgan fingerprint density at radius 1 is 1.06 bits per heavy atom. The summed E-state index contributed by atoms with van der Waals surface area (Å²) < 4.78 is 11.1. The molecule has 0 fully saturated rings. The highest BCUT2D eigenvalue weighted by molar-refractivity contribution is 6.20. The minimum absolute atomic E-state index is 0.0591. The molecule has 0 saturated carbocycles. The zero-order chi connectivity index (χ0) is 25.0. The smallest absolute Gasteiger partial charge is 0.296 e. The molecule has 178 valence electrons. The maximum absolute atomic E-state index is 13.8. The van der Waals surface area contributed by atoms with Crippen molar-refractivity contribution < 1.29 is 29.0 Å². The Labute approximate surface area is 203 Å². The number of phenolic OH excluding ortho intramolecular Hbond substituents is 1. The largest absolute Gasteiger partial charge is 0.508 e. The van der Waals surface area contributed by atoms with Crippen molar-refractivity contribution in [2.24, 2.45) is 0 Å². The van der Waals surface area contributed by atoms with Crippen LogP contribution < -0.4 is 9.64 Å². The van der Waals surface area contributed by atoms with Crippen LogP contribution in [-0.2, 0) is 4.79 Å². The number of rotatable bonds is 5. The number of H-pyrrole nitrogens is 1. The van der Waals surface area contributed by atoms with Gasteiger partial charge in [-0.15, -0.1) is 0 Å². The predicted octanol–water partition coefficient (Wildman–Crippen LogP) is 4.81. The molecule has 0 radical (unpaired) electrons. The number of amides is 1. The lowest BCUT2D eigenvalue weighted by Crippen LogP contribution is -2.32. The third-order valence-electron chi connectivity index (χ3n) is 6.20. The normalized spacial score (nSPS) is 15.9. The van der Waals surface area contributed by atoms with E-state index in [4.69, 9.17) is 9.15 Å². The molecule has 0 spiro atoms. The van der Waals surface area contributed by atoms with Gasteiger partial charge in [0.05, 0.1) is 29.8 Å². The van der Waals surface area contributed by atoms with Gasteiger partial charge in [0.25, 0.3) is 5.91 Å². The van der Waals surface area contributed by atoms with Crippen molar-refractivity contribution >= 4 is 39.6 Å². The van der Waals surface area contributed by atoms with E-state index in [0.717, 1.165) is 0 Å². The number of methoxy groups -OCH3 is 1. The number of phenols is 1. The van der Waals surface area contributed by atoms with Crippen LogP contribution >= 0.6 is 0 Å². The van der Waals surface area contributed by atoms with Gasteiger partial charge in [0.2, 0.25) is 11.7 Å². The average molecular weight is 481 g/mol. The third kappa shape index (κ3) is 3.21. The molecule has 9 heteroatoms. The summed E-state index contributed by atoms with van der Waals surface area (Å²) in [6, 6.07) is 19.1.